The molecule has 1 rings (SSSR count). The van der Waals surface area contributed by atoms with Crippen LogP contribution in [0.1, 0.15) is 38.6 Å². The topological polar surface area (TPSA) is 29.9 Å². The average Bonchev–Trinajstić information content (AvgIpc) is 2.49. The summed E-state index contributed by atoms with van der Waals surface area (Å²) in [4.78, 5) is 0. The third-order valence-corrected chi connectivity index (χ3v) is 2.56. The van der Waals surface area contributed by atoms with Crippen molar-refractivity contribution in [3.63, 3.8) is 0 Å². The van der Waals surface area contributed by atoms with Gasteiger partial charge in [0.25, 0.3) is 0 Å². The Hall–Kier alpha value is -1.09. The zero-order valence-electron chi connectivity index (χ0n) is 11.7. The van der Waals surface area contributed by atoms with Crippen molar-refractivity contribution in [1.82, 2.24) is 15.1 Å². The van der Waals surface area contributed by atoms with Crippen LogP contribution in [-0.2, 0) is 13.5 Å². The van der Waals surface area contributed by atoms with Gasteiger partial charge in [0.15, 0.2) is 0 Å². The number of nitrogens with one attached hydrogen (secondary N) is 1. The highest BCUT2D eigenvalue weighted by Gasteiger charge is 2.06. The molecule has 0 spiro atoms. The van der Waals surface area contributed by atoms with E-state index in [1.807, 2.05) is 18.7 Å². The molecule has 0 unspecified atom stereocenters. The fraction of sp³-hybridized carbons (Fsp3) is 0.643. The maximum Gasteiger partial charge on any atom is 0.0596 e. The van der Waals surface area contributed by atoms with Gasteiger partial charge < -0.3 is 5.32 Å². The van der Waals surface area contributed by atoms with E-state index in [0.717, 1.165) is 25.1 Å². The molecule has 0 bridgehead atoms. The maximum atomic E-state index is 4.33. The Labute approximate surface area is 105 Å². The molecular formula is C14H25N3. The molecule has 3 heteroatoms. The molecule has 1 aromatic rings. The maximum absolute atomic E-state index is 4.33. The van der Waals surface area contributed by atoms with Crippen molar-refractivity contribution in [2.75, 3.05) is 6.54 Å². The minimum Gasteiger partial charge on any atom is -0.312 e. The van der Waals surface area contributed by atoms with Gasteiger partial charge in [0, 0.05) is 24.7 Å². The SMILES string of the molecule is Cc1cc(CC=CCCNC(C)(C)C)n(C)n1. The molecule has 0 saturated heterocycles. The number of aryl methyl sites for hydroxylation is 2. The summed E-state index contributed by atoms with van der Waals surface area (Å²) in [7, 11) is 2.00. The van der Waals surface area contributed by atoms with Crippen LogP contribution < -0.4 is 5.32 Å². The molecule has 0 fully saturated rings. The van der Waals surface area contributed by atoms with E-state index in [4.69, 9.17) is 0 Å². The van der Waals surface area contributed by atoms with E-state index in [1.165, 1.54) is 5.69 Å². The number of hydrogen-bond acceptors (Lipinski definition) is 2. The van der Waals surface area contributed by atoms with Crippen molar-refractivity contribution < 1.29 is 0 Å². The Kier molecular flexibility index (Phi) is 4.94. The van der Waals surface area contributed by atoms with E-state index in [2.05, 4.69) is 49.4 Å². The third kappa shape index (κ3) is 5.68. The van der Waals surface area contributed by atoms with Crippen LogP contribution in [0.2, 0.25) is 0 Å². The zero-order chi connectivity index (χ0) is 12.9. The lowest BCUT2D eigenvalue weighted by Crippen LogP contribution is -2.36. The molecule has 0 amide bonds. The average molecular weight is 235 g/mol. The molecule has 0 radical (unpaired) electrons. The lowest BCUT2D eigenvalue weighted by atomic mass is 10.1. The molecular weight excluding hydrogens is 210 g/mol. The fourth-order valence-electron chi connectivity index (χ4n) is 1.71. The first kappa shape index (κ1) is 14.0. The second-order valence-corrected chi connectivity index (χ2v) is 5.54. The van der Waals surface area contributed by atoms with E-state index >= 15 is 0 Å². The number of rotatable bonds is 5. The highest BCUT2D eigenvalue weighted by atomic mass is 15.3. The summed E-state index contributed by atoms with van der Waals surface area (Å²) in [6.45, 7) is 9.63. The number of hydrogen-bond donors (Lipinski definition) is 1. The number of nitrogens with zero attached hydrogens (tertiary/aromatic N) is 2. The van der Waals surface area contributed by atoms with Crippen molar-refractivity contribution in [2.24, 2.45) is 7.05 Å². The van der Waals surface area contributed by atoms with Crippen molar-refractivity contribution in [2.45, 2.75) is 46.1 Å². The third-order valence-electron chi connectivity index (χ3n) is 2.56. The smallest absolute Gasteiger partial charge is 0.0596 e. The molecule has 96 valence electrons. The second-order valence-electron chi connectivity index (χ2n) is 5.54. The molecule has 3 nitrogen and oxygen atoms in total. The van der Waals surface area contributed by atoms with Gasteiger partial charge in [-0.3, -0.25) is 4.68 Å². The van der Waals surface area contributed by atoms with Crippen LogP contribution in [0.25, 0.3) is 0 Å². The summed E-state index contributed by atoms with van der Waals surface area (Å²) in [5.41, 5.74) is 2.57. The minimum atomic E-state index is 0.215. The normalized spacial score (nSPS) is 12.5. The van der Waals surface area contributed by atoms with Crippen LogP contribution in [0.3, 0.4) is 0 Å². The van der Waals surface area contributed by atoms with Crippen molar-refractivity contribution in [1.29, 1.82) is 0 Å². The Morgan fingerprint density at radius 2 is 2.06 bits per heavy atom. The highest BCUT2D eigenvalue weighted by Crippen LogP contribution is 2.03. The lowest BCUT2D eigenvalue weighted by Gasteiger charge is -2.19. The van der Waals surface area contributed by atoms with Gasteiger partial charge in [-0.15, -0.1) is 0 Å². The predicted molar refractivity (Wildman–Crippen MR) is 73.2 cm³/mol. The van der Waals surface area contributed by atoms with Gasteiger partial charge in [-0.25, -0.2) is 0 Å². The predicted octanol–water partition coefficient (Wildman–Crippen LogP) is 2.61. The largest absolute Gasteiger partial charge is 0.312 e. The summed E-state index contributed by atoms with van der Waals surface area (Å²) in [6.07, 6.45) is 6.50. The zero-order valence-corrected chi connectivity index (χ0v) is 11.7. The molecule has 17 heavy (non-hydrogen) atoms. The van der Waals surface area contributed by atoms with Gasteiger partial charge in [0.05, 0.1) is 5.69 Å². The molecule has 1 N–H and O–H groups in total. The summed E-state index contributed by atoms with van der Waals surface area (Å²) < 4.78 is 1.95. The molecule has 0 saturated carbocycles. The Morgan fingerprint density at radius 3 is 2.59 bits per heavy atom. The lowest BCUT2D eigenvalue weighted by molar-refractivity contribution is 0.431. The van der Waals surface area contributed by atoms with E-state index in [1.54, 1.807) is 0 Å². The van der Waals surface area contributed by atoms with Gasteiger partial charge in [0.2, 0.25) is 0 Å². The summed E-state index contributed by atoms with van der Waals surface area (Å²) in [6, 6.07) is 2.14. The molecule has 0 aliphatic rings. The van der Waals surface area contributed by atoms with Gasteiger partial charge in [-0.05, 0) is 46.7 Å². The summed E-state index contributed by atoms with van der Waals surface area (Å²) in [5, 5.41) is 7.80. The van der Waals surface area contributed by atoms with Crippen molar-refractivity contribution in [3.05, 3.63) is 29.6 Å². The first-order valence-corrected chi connectivity index (χ1v) is 6.28. The van der Waals surface area contributed by atoms with Crippen LogP contribution in [-0.4, -0.2) is 21.9 Å². The monoisotopic (exact) mass is 235 g/mol. The first-order chi connectivity index (χ1) is 7.88. The summed E-state index contributed by atoms with van der Waals surface area (Å²) >= 11 is 0. The minimum absolute atomic E-state index is 0.215. The molecule has 1 heterocycles. The van der Waals surface area contributed by atoms with E-state index in [0.29, 0.717) is 0 Å². The van der Waals surface area contributed by atoms with E-state index in [-0.39, 0.29) is 5.54 Å². The van der Waals surface area contributed by atoms with Gasteiger partial charge in [-0.2, -0.15) is 5.10 Å². The van der Waals surface area contributed by atoms with Gasteiger partial charge in [-0.1, -0.05) is 12.2 Å². The quantitative estimate of drug-likeness (QED) is 0.628. The molecule has 0 atom stereocenters. The molecule has 0 aliphatic heterocycles. The van der Waals surface area contributed by atoms with Gasteiger partial charge >= 0.3 is 0 Å². The van der Waals surface area contributed by atoms with Crippen molar-refractivity contribution in [3.8, 4) is 0 Å². The van der Waals surface area contributed by atoms with E-state index < -0.39 is 0 Å². The van der Waals surface area contributed by atoms with Crippen LogP contribution in [0, 0.1) is 6.92 Å². The van der Waals surface area contributed by atoms with Crippen LogP contribution in [0.15, 0.2) is 18.2 Å². The fourth-order valence-corrected chi connectivity index (χ4v) is 1.71. The Balaban J connectivity index is 2.25. The molecule has 0 aromatic carbocycles. The van der Waals surface area contributed by atoms with Crippen LogP contribution >= 0.6 is 0 Å². The van der Waals surface area contributed by atoms with Crippen LogP contribution in [0.5, 0.6) is 0 Å². The Bertz CT molecular complexity index is 369. The van der Waals surface area contributed by atoms with Crippen LogP contribution in [0.4, 0.5) is 0 Å². The molecule has 1 aromatic heterocycles. The van der Waals surface area contributed by atoms with Crippen molar-refractivity contribution >= 4 is 0 Å². The first-order valence-electron chi connectivity index (χ1n) is 6.28. The number of allylic oxidation sites excluding steroid dienone is 1. The highest BCUT2D eigenvalue weighted by molar-refractivity contribution is 5.11. The second kappa shape index (κ2) is 6.01. The summed E-state index contributed by atoms with van der Waals surface area (Å²) in [5.74, 6) is 0. The van der Waals surface area contributed by atoms with E-state index in [9.17, 15) is 0 Å². The Morgan fingerprint density at radius 1 is 1.35 bits per heavy atom. The van der Waals surface area contributed by atoms with Gasteiger partial charge in [0.1, 0.15) is 0 Å². The standard InChI is InChI=1S/C14H25N3/c1-12-11-13(17(5)16-12)9-7-6-8-10-15-14(2,3)4/h6-7,11,15H,8-10H2,1-5H3. The molecule has 0 aliphatic carbocycles. The number of aromatic nitrogens is 2.